The summed E-state index contributed by atoms with van der Waals surface area (Å²) in [5.74, 6) is -3.51. The predicted octanol–water partition coefficient (Wildman–Crippen LogP) is -2.34. The Kier molecular flexibility index (Phi) is 16.1. The van der Waals surface area contributed by atoms with Gasteiger partial charge in [0.1, 0.15) is 18.1 Å². The molecule has 0 aliphatic heterocycles. The first-order chi connectivity index (χ1) is 17.6. The Morgan fingerprint density at radius 2 is 1.24 bits per heavy atom. The molecule has 0 spiro atoms. The van der Waals surface area contributed by atoms with Gasteiger partial charge in [0.2, 0.25) is 17.7 Å². The molecule has 0 aliphatic rings. The van der Waals surface area contributed by atoms with Crippen LogP contribution in [-0.4, -0.2) is 78.0 Å². The number of rotatable bonds is 18. The van der Waals surface area contributed by atoms with Crippen LogP contribution in [-0.2, 0) is 19.2 Å². The van der Waals surface area contributed by atoms with Gasteiger partial charge in [0, 0.05) is 13.1 Å². The molecule has 0 bridgehead atoms. The molecule has 14 N–H and O–H groups in total. The van der Waals surface area contributed by atoms with E-state index in [4.69, 9.17) is 28.7 Å². The van der Waals surface area contributed by atoms with Gasteiger partial charge in [-0.05, 0) is 43.9 Å². The average molecular weight is 543 g/mol. The fourth-order valence-corrected chi connectivity index (χ4v) is 3.44. The van der Waals surface area contributed by atoms with Crippen molar-refractivity contribution in [2.75, 3.05) is 13.1 Å². The second kappa shape index (κ2) is 17.8. The second-order valence-corrected chi connectivity index (χ2v) is 9.82. The van der Waals surface area contributed by atoms with E-state index in [1.807, 2.05) is 13.8 Å². The van der Waals surface area contributed by atoms with Gasteiger partial charge in [0.05, 0.1) is 6.04 Å². The van der Waals surface area contributed by atoms with Crippen LogP contribution in [0.4, 0.5) is 0 Å². The molecule has 0 aliphatic carbocycles. The van der Waals surface area contributed by atoms with E-state index in [2.05, 4.69) is 25.9 Å². The lowest BCUT2D eigenvalue weighted by Crippen LogP contribution is -2.58. The number of nitrogens with zero attached hydrogens (tertiary/aromatic N) is 2. The fourth-order valence-electron chi connectivity index (χ4n) is 3.44. The van der Waals surface area contributed by atoms with Crippen molar-refractivity contribution in [3.05, 3.63) is 0 Å². The molecule has 0 aromatic carbocycles. The number of aliphatic carboxylic acids is 1. The molecule has 0 aromatic heterocycles. The van der Waals surface area contributed by atoms with Crippen LogP contribution in [0.25, 0.3) is 0 Å². The Morgan fingerprint density at radius 1 is 0.737 bits per heavy atom. The third kappa shape index (κ3) is 14.8. The highest BCUT2D eigenvalue weighted by Gasteiger charge is 2.32. The summed E-state index contributed by atoms with van der Waals surface area (Å²) in [4.78, 5) is 58.1. The summed E-state index contributed by atoms with van der Waals surface area (Å²) in [7, 11) is 0. The number of nitrogens with two attached hydrogens (primary N) is 5. The molecule has 0 saturated heterocycles. The first-order valence-corrected chi connectivity index (χ1v) is 12.7. The predicted molar refractivity (Wildman–Crippen MR) is 146 cm³/mol. The highest BCUT2D eigenvalue weighted by Crippen LogP contribution is 2.09. The van der Waals surface area contributed by atoms with Crippen LogP contribution in [0.15, 0.2) is 9.98 Å². The zero-order valence-corrected chi connectivity index (χ0v) is 22.8. The Morgan fingerprint density at radius 3 is 1.68 bits per heavy atom. The van der Waals surface area contributed by atoms with Crippen LogP contribution in [0, 0.1) is 11.8 Å². The fraction of sp³-hybridized carbons (Fsp3) is 0.739. The molecule has 0 rings (SSSR count). The van der Waals surface area contributed by atoms with Gasteiger partial charge >= 0.3 is 5.97 Å². The molecular weight excluding hydrogens is 496 g/mol. The van der Waals surface area contributed by atoms with Crippen molar-refractivity contribution in [1.82, 2.24) is 16.0 Å². The highest BCUT2D eigenvalue weighted by molar-refractivity contribution is 5.94. The van der Waals surface area contributed by atoms with Crippen LogP contribution < -0.4 is 44.6 Å². The summed E-state index contributed by atoms with van der Waals surface area (Å²) in [5.41, 5.74) is 27.2. The number of carboxylic acid groups (broad SMARTS) is 1. The molecule has 0 radical (unpaired) electrons. The van der Waals surface area contributed by atoms with Crippen molar-refractivity contribution in [3.63, 3.8) is 0 Å². The van der Waals surface area contributed by atoms with Gasteiger partial charge in [-0.1, -0.05) is 27.7 Å². The third-order valence-electron chi connectivity index (χ3n) is 5.45. The first kappa shape index (κ1) is 34.4. The minimum atomic E-state index is -1.17. The van der Waals surface area contributed by atoms with Crippen LogP contribution in [0.1, 0.15) is 59.8 Å². The number of guanidine groups is 2. The van der Waals surface area contributed by atoms with Crippen molar-refractivity contribution in [1.29, 1.82) is 0 Å². The van der Waals surface area contributed by atoms with Gasteiger partial charge < -0.3 is 49.7 Å². The molecule has 0 heterocycles. The van der Waals surface area contributed by atoms with Crippen molar-refractivity contribution >= 4 is 35.6 Å². The summed E-state index contributed by atoms with van der Waals surface area (Å²) >= 11 is 0. The summed E-state index contributed by atoms with van der Waals surface area (Å²) in [5, 5.41) is 17.2. The number of carbonyl (C=O) groups excluding carboxylic acids is 3. The van der Waals surface area contributed by atoms with Gasteiger partial charge in [0.15, 0.2) is 11.9 Å². The maximum Gasteiger partial charge on any atom is 0.326 e. The van der Waals surface area contributed by atoms with Crippen molar-refractivity contribution in [2.45, 2.75) is 84.0 Å². The Balaban J connectivity index is 5.49. The Bertz CT molecular complexity index is 838. The Hall–Kier alpha value is -3.62. The van der Waals surface area contributed by atoms with Crippen LogP contribution in [0.3, 0.4) is 0 Å². The number of aliphatic imine (C=N–C) groups is 2. The molecule has 15 nitrogen and oxygen atoms in total. The summed E-state index contributed by atoms with van der Waals surface area (Å²) in [6, 6.07) is -4.11. The van der Waals surface area contributed by atoms with E-state index in [1.54, 1.807) is 13.8 Å². The van der Waals surface area contributed by atoms with Gasteiger partial charge in [0.25, 0.3) is 0 Å². The summed E-state index contributed by atoms with van der Waals surface area (Å²) in [6.07, 6.45) is 1.46. The largest absolute Gasteiger partial charge is 0.480 e. The maximum atomic E-state index is 13.2. The minimum absolute atomic E-state index is 0.0250. The minimum Gasteiger partial charge on any atom is -0.480 e. The van der Waals surface area contributed by atoms with E-state index in [0.29, 0.717) is 19.4 Å². The van der Waals surface area contributed by atoms with Crippen molar-refractivity contribution in [2.24, 2.45) is 50.5 Å². The third-order valence-corrected chi connectivity index (χ3v) is 5.45. The van der Waals surface area contributed by atoms with E-state index in [0.717, 1.165) is 0 Å². The van der Waals surface area contributed by atoms with Crippen LogP contribution >= 0.6 is 0 Å². The molecule has 0 fully saturated rings. The van der Waals surface area contributed by atoms with E-state index < -0.39 is 47.9 Å². The molecule has 0 aromatic rings. The van der Waals surface area contributed by atoms with Crippen molar-refractivity contribution < 1.29 is 24.3 Å². The van der Waals surface area contributed by atoms with E-state index in [9.17, 15) is 24.3 Å². The lowest BCUT2D eigenvalue weighted by molar-refractivity contribution is -0.143. The van der Waals surface area contributed by atoms with Crippen molar-refractivity contribution in [3.8, 4) is 0 Å². The normalized spacial score (nSPS) is 14.1. The molecular formula is C23H46N10O5. The number of hydrogen-bond donors (Lipinski definition) is 9. The van der Waals surface area contributed by atoms with E-state index >= 15 is 0 Å². The van der Waals surface area contributed by atoms with Gasteiger partial charge in [-0.15, -0.1) is 0 Å². The average Bonchev–Trinajstić information content (AvgIpc) is 2.80. The van der Waals surface area contributed by atoms with E-state index in [1.165, 1.54) is 0 Å². The molecule has 38 heavy (non-hydrogen) atoms. The molecule has 4 unspecified atom stereocenters. The monoisotopic (exact) mass is 542 g/mol. The molecule has 4 atom stereocenters. The topological polar surface area (TPSA) is 279 Å². The lowest BCUT2D eigenvalue weighted by Gasteiger charge is -2.27. The summed E-state index contributed by atoms with van der Waals surface area (Å²) < 4.78 is 0. The molecule has 218 valence electrons. The Labute approximate surface area is 223 Å². The maximum absolute atomic E-state index is 13.2. The van der Waals surface area contributed by atoms with Crippen LogP contribution in [0.2, 0.25) is 0 Å². The number of carboxylic acids is 1. The van der Waals surface area contributed by atoms with Crippen LogP contribution in [0.5, 0.6) is 0 Å². The first-order valence-electron chi connectivity index (χ1n) is 12.7. The zero-order chi connectivity index (χ0) is 29.4. The number of carbonyl (C=O) groups is 4. The number of nitrogens with one attached hydrogen (secondary N) is 3. The van der Waals surface area contributed by atoms with E-state index in [-0.39, 0.29) is 49.6 Å². The standard InChI is InChI=1S/C23H46N10O5/c1-12(2)11-16(21(37)38)32-20(36)17(13(3)4)33-19(35)15(8-6-10-30-23(27)28)31-18(34)14(24)7-5-9-29-22(25)26/h12-17H,5-11,24H2,1-4H3,(H,31,34)(H,32,36)(H,33,35)(H,37,38)(H4,25,26,29)(H4,27,28,30). The zero-order valence-electron chi connectivity index (χ0n) is 22.8. The summed E-state index contributed by atoms with van der Waals surface area (Å²) in [6.45, 7) is 7.61. The quantitative estimate of drug-likeness (QED) is 0.0505. The smallest absolute Gasteiger partial charge is 0.326 e. The number of amides is 3. The second-order valence-electron chi connectivity index (χ2n) is 9.82. The molecule has 3 amide bonds. The highest BCUT2D eigenvalue weighted by atomic mass is 16.4. The lowest BCUT2D eigenvalue weighted by atomic mass is 9.99. The number of hydrogen-bond acceptors (Lipinski definition) is 7. The van der Waals surface area contributed by atoms with Gasteiger partial charge in [-0.2, -0.15) is 0 Å². The van der Waals surface area contributed by atoms with Gasteiger partial charge in [-0.25, -0.2) is 4.79 Å². The molecule has 0 saturated carbocycles. The molecule has 15 heteroatoms. The van der Waals surface area contributed by atoms with Gasteiger partial charge in [-0.3, -0.25) is 24.4 Å². The SMILES string of the molecule is CC(C)CC(NC(=O)C(NC(=O)C(CCCN=C(N)N)NC(=O)C(N)CCCN=C(N)N)C(C)C)C(=O)O.